The summed E-state index contributed by atoms with van der Waals surface area (Å²) in [7, 11) is 5.15. The van der Waals surface area contributed by atoms with Crippen LogP contribution in [0, 0.1) is 0 Å². The minimum atomic E-state index is -0.216. The van der Waals surface area contributed by atoms with Crippen LogP contribution < -0.4 is 20.5 Å². The third-order valence-corrected chi connectivity index (χ3v) is 5.69. The maximum atomic E-state index is 13.0. The summed E-state index contributed by atoms with van der Waals surface area (Å²) in [5.41, 5.74) is 9.12. The Morgan fingerprint density at radius 1 is 1.22 bits per heavy atom. The summed E-state index contributed by atoms with van der Waals surface area (Å²) in [6.07, 6.45) is 6.11. The van der Waals surface area contributed by atoms with Gasteiger partial charge in [0.2, 0.25) is 0 Å². The first-order valence-corrected chi connectivity index (χ1v) is 10.5. The predicted molar refractivity (Wildman–Crippen MR) is 122 cm³/mol. The second-order valence-corrected chi connectivity index (χ2v) is 7.93. The Kier molecular flexibility index (Phi) is 6.27. The molecule has 1 amide bonds. The normalized spacial score (nSPS) is 16.2. The van der Waals surface area contributed by atoms with Gasteiger partial charge in [-0.2, -0.15) is 5.10 Å². The molecule has 4 rings (SSSR count). The number of methoxy groups -OCH3 is 2. The summed E-state index contributed by atoms with van der Waals surface area (Å²) < 4.78 is 12.5. The van der Waals surface area contributed by atoms with Gasteiger partial charge in [0.25, 0.3) is 5.91 Å². The molecule has 0 unspecified atom stereocenters. The number of ether oxygens (including phenoxy) is 2. The summed E-state index contributed by atoms with van der Waals surface area (Å²) >= 11 is 0. The number of rotatable bonds is 7. The van der Waals surface area contributed by atoms with Crippen LogP contribution in [0.3, 0.4) is 0 Å². The van der Waals surface area contributed by atoms with Crippen LogP contribution in [0.2, 0.25) is 0 Å². The lowest BCUT2D eigenvalue weighted by atomic mass is 10.1. The molecule has 3 heterocycles. The minimum absolute atomic E-state index is 0.0283. The molecule has 9 nitrogen and oxygen atoms in total. The predicted octanol–water partition coefficient (Wildman–Crippen LogP) is 2.09. The van der Waals surface area contributed by atoms with E-state index in [1.807, 2.05) is 31.4 Å². The zero-order valence-electron chi connectivity index (χ0n) is 18.5. The Labute approximate surface area is 187 Å². The van der Waals surface area contributed by atoms with Crippen LogP contribution in [0.5, 0.6) is 11.5 Å². The molecule has 0 spiro atoms. The van der Waals surface area contributed by atoms with Crippen LogP contribution in [0.4, 0.5) is 5.82 Å². The zero-order valence-corrected chi connectivity index (χ0v) is 18.5. The minimum Gasteiger partial charge on any atom is -0.497 e. The van der Waals surface area contributed by atoms with E-state index in [4.69, 9.17) is 15.2 Å². The first kappa shape index (κ1) is 21.6. The Balaban J connectivity index is 1.41. The molecule has 1 aromatic carbocycles. The maximum Gasteiger partial charge on any atom is 0.255 e. The molecule has 0 bridgehead atoms. The lowest BCUT2D eigenvalue weighted by Crippen LogP contribution is -2.37. The molecule has 32 heavy (non-hydrogen) atoms. The molecular formula is C23H28N6O3. The van der Waals surface area contributed by atoms with Crippen LogP contribution in [-0.2, 0) is 13.6 Å². The number of carbonyl (C=O) groups is 1. The molecular weight excluding hydrogens is 408 g/mol. The van der Waals surface area contributed by atoms with Gasteiger partial charge in [-0.3, -0.25) is 14.4 Å². The number of hydrogen-bond acceptors (Lipinski definition) is 7. The summed E-state index contributed by atoms with van der Waals surface area (Å²) in [5.74, 6) is 1.61. The van der Waals surface area contributed by atoms with Gasteiger partial charge in [0, 0.05) is 61.8 Å². The Morgan fingerprint density at radius 3 is 2.78 bits per heavy atom. The molecule has 1 atom stereocenters. The molecule has 0 aliphatic carbocycles. The SMILES string of the molecule is COc1ccc(OC)c(CN2CC[C@@H](NC(=O)c3cc(-c4cnn(C)c4)cnc3N)C2)c1. The number of nitrogens with one attached hydrogen (secondary N) is 1. The van der Waals surface area contributed by atoms with E-state index in [2.05, 4.69) is 20.3 Å². The van der Waals surface area contributed by atoms with Crippen molar-refractivity contribution in [3.63, 3.8) is 0 Å². The smallest absolute Gasteiger partial charge is 0.255 e. The summed E-state index contributed by atoms with van der Waals surface area (Å²) in [6.45, 7) is 2.32. The van der Waals surface area contributed by atoms with Crippen LogP contribution >= 0.6 is 0 Å². The second-order valence-electron chi connectivity index (χ2n) is 7.93. The number of benzene rings is 1. The maximum absolute atomic E-state index is 13.0. The van der Waals surface area contributed by atoms with Gasteiger partial charge in [0.15, 0.2) is 0 Å². The van der Waals surface area contributed by atoms with Gasteiger partial charge in [0.1, 0.15) is 17.3 Å². The number of anilines is 1. The largest absolute Gasteiger partial charge is 0.497 e. The van der Waals surface area contributed by atoms with E-state index in [0.717, 1.165) is 47.7 Å². The van der Waals surface area contributed by atoms with Crippen molar-refractivity contribution in [2.24, 2.45) is 7.05 Å². The first-order chi connectivity index (χ1) is 15.5. The molecule has 168 valence electrons. The van der Waals surface area contributed by atoms with Gasteiger partial charge in [0.05, 0.1) is 26.0 Å². The number of aromatic nitrogens is 3. The van der Waals surface area contributed by atoms with Crippen LogP contribution in [0.15, 0.2) is 42.9 Å². The lowest BCUT2D eigenvalue weighted by Gasteiger charge is -2.19. The van der Waals surface area contributed by atoms with Crippen LogP contribution in [0.25, 0.3) is 11.1 Å². The van der Waals surface area contributed by atoms with Gasteiger partial charge in [-0.1, -0.05) is 0 Å². The van der Waals surface area contributed by atoms with Gasteiger partial charge in [-0.05, 0) is 30.7 Å². The number of pyridine rings is 1. The molecule has 1 aliphatic heterocycles. The summed E-state index contributed by atoms with van der Waals surface area (Å²) in [4.78, 5) is 19.5. The van der Waals surface area contributed by atoms with Gasteiger partial charge in [-0.15, -0.1) is 0 Å². The molecule has 3 aromatic rings. The number of carbonyl (C=O) groups excluding carboxylic acids is 1. The fourth-order valence-corrected chi connectivity index (χ4v) is 3.99. The van der Waals surface area contributed by atoms with E-state index in [0.29, 0.717) is 12.1 Å². The average Bonchev–Trinajstić information content (AvgIpc) is 3.42. The number of nitrogens with two attached hydrogens (primary N) is 1. The molecule has 1 fully saturated rings. The van der Waals surface area contributed by atoms with Crippen molar-refractivity contribution < 1.29 is 14.3 Å². The summed E-state index contributed by atoms with van der Waals surface area (Å²) in [5, 5.41) is 7.28. The van der Waals surface area contributed by atoms with Crippen molar-refractivity contribution in [2.45, 2.75) is 19.0 Å². The molecule has 1 saturated heterocycles. The molecule has 2 aromatic heterocycles. The first-order valence-electron chi connectivity index (χ1n) is 10.5. The zero-order chi connectivity index (χ0) is 22.7. The Bertz CT molecular complexity index is 1110. The monoisotopic (exact) mass is 436 g/mol. The number of nitrogen functional groups attached to an aromatic ring is 1. The lowest BCUT2D eigenvalue weighted by molar-refractivity contribution is 0.0938. The quantitative estimate of drug-likeness (QED) is 0.584. The van der Waals surface area contributed by atoms with Crippen molar-refractivity contribution in [1.29, 1.82) is 0 Å². The number of amides is 1. The topological polar surface area (TPSA) is 108 Å². The Hall–Kier alpha value is -3.59. The number of hydrogen-bond donors (Lipinski definition) is 2. The molecule has 0 radical (unpaired) electrons. The van der Waals surface area contributed by atoms with E-state index >= 15 is 0 Å². The third kappa shape index (κ3) is 4.67. The van der Waals surface area contributed by atoms with Crippen molar-refractivity contribution in [3.05, 3.63) is 54.0 Å². The number of nitrogens with zero attached hydrogens (tertiary/aromatic N) is 4. The highest BCUT2D eigenvalue weighted by molar-refractivity contribution is 5.99. The van der Waals surface area contributed by atoms with Gasteiger partial charge < -0.3 is 20.5 Å². The summed E-state index contributed by atoms with van der Waals surface area (Å²) in [6, 6.07) is 7.58. The highest BCUT2D eigenvalue weighted by Gasteiger charge is 2.26. The average molecular weight is 437 g/mol. The molecule has 3 N–H and O–H groups in total. The highest BCUT2D eigenvalue weighted by Crippen LogP contribution is 2.27. The van der Waals surface area contributed by atoms with E-state index < -0.39 is 0 Å². The van der Waals surface area contributed by atoms with Crippen molar-refractivity contribution >= 4 is 11.7 Å². The molecule has 9 heteroatoms. The van der Waals surface area contributed by atoms with Gasteiger partial charge in [-0.25, -0.2) is 4.98 Å². The van der Waals surface area contributed by atoms with E-state index in [-0.39, 0.29) is 17.8 Å². The Morgan fingerprint density at radius 2 is 2.06 bits per heavy atom. The third-order valence-electron chi connectivity index (χ3n) is 5.69. The number of likely N-dealkylation sites (tertiary alicyclic amines) is 1. The number of aryl methyl sites for hydroxylation is 1. The van der Waals surface area contributed by atoms with Crippen LogP contribution in [-0.4, -0.2) is 58.9 Å². The molecule has 0 saturated carbocycles. The fourth-order valence-electron chi connectivity index (χ4n) is 3.99. The van der Waals surface area contributed by atoms with Crippen molar-refractivity contribution in [2.75, 3.05) is 33.0 Å². The molecule has 1 aliphatic rings. The van der Waals surface area contributed by atoms with Crippen molar-refractivity contribution in [1.82, 2.24) is 25.0 Å². The highest BCUT2D eigenvalue weighted by atomic mass is 16.5. The second kappa shape index (κ2) is 9.27. The van der Waals surface area contributed by atoms with Gasteiger partial charge >= 0.3 is 0 Å². The van der Waals surface area contributed by atoms with E-state index in [9.17, 15) is 4.79 Å². The van der Waals surface area contributed by atoms with E-state index in [1.165, 1.54) is 0 Å². The van der Waals surface area contributed by atoms with E-state index in [1.54, 1.807) is 37.4 Å². The fraction of sp³-hybridized carbons (Fsp3) is 0.348. The van der Waals surface area contributed by atoms with Crippen molar-refractivity contribution in [3.8, 4) is 22.6 Å². The standard InChI is InChI=1S/C23H28N6O3/c1-28-12-17(11-26-28)15-9-20(22(24)25-10-15)23(30)27-18-6-7-29(14-18)13-16-8-19(31-2)4-5-21(16)32-3/h4-5,8-12,18H,6-7,13-14H2,1-3H3,(H2,24,25)(H,27,30)/t18-/m1/s1. The van der Waals surface area contributed by atoms with Crippen LogP contribution in [0.1, 0.15) is 22.3 Å².